The molecule has 1 amide bonds. The fourth-order valence-electron chi connectivity index (χ4n) is 2.47. The van der Waals surface area contributed by atoms with E-state index in [1.807, 2.05) is 75.4 Å². The van der Waals surface area contributed by atoms with Crippen LogP contribution < -0.4 is 10.1 Å². The van der Waals surface area contributed by atoms with Crippen LogP contribution in [-0.2, 0) is 0 Å². The van der Waals surface area contributed by atoms with Crippen LogP contribution in [0.2, 0.25) is 0 Å². The van der Waals surface area contributed by atoms with Gasteiger partial charge in [0.25, 0.3) is 0 Å². The predicted octanol–water partition coefficient (Wildman–Crippen LogP) is 4.01. The van der Waals surface area contributed by atoms with Gasteiger partial charge in [-0.3, -0.25) is 4.79 Å². The molecular formula is C20H21N3O3. The molecule has 3 aromatic rings. The van der Waals surface area contributed by atoms with Crippen LogP contribution in [0.4, 0.5) is 0 Å². The van der Waals surface area contributed by atoms with Gasteiger partial charge in [0.15, 0.2) is 0 Å². The number of amides is 1. The molecule has 1 atom stereocenters. The predicted molar refractivity (Wildman–Crippen MR) is 97.8 cm³/mol. The van der Waals surface area contributed by atoms with Crippen LogP contribution >= 0.6 is 0 Å². The molecule has 0 bridgehead atoms. The highest BCUT2D eigenvalue weighted by Gasteiger charge is 2.18. The topological polar surface area (TPSA) is 77.2 Å². The number of nitrogens with one attached hydrogen (secondary N) is 1. The molecule has 0 aliphatic carbocycles. The van der Waals surface area contributed by atoms with Crippen LogP contribution in [0.15, 0.2) is 59.1 Å². The Morgan fingerprint density at radius 2 is 1.73 bits per heavy atom. The standard InChI is InChI=1S/C20H21N3O3/c1-13(2)25-17-11-9-16(10-12-17)18-22-20(26-23-18)19(24)21-14(3)15-7-5-4-6-8-15/h4-14H,1-3H3,(H,21,24)/t14-/m0/s1. The third-order valence-corrected chi connectivity index (χ3v) is 3.75. The minimum atomic E-state index is -0.403. The molecule has 0 aliphatic heterocycles. The van der Waals surface area contributed by atoms with Crippen molar-refractivity contribution in [3.8, 4) is 17.1 Å². The molecule has 0 saturated heterocycles. The van der Waals surface area contributed by atoms with Gasteiger partial charge in [-0.2, -0.15) is 4.98 Å². The molecule has 0 radical (unpaired) electrons. The van der Waals surface area contributed by atoms with Crippen LogP contribution in [0.25, 0.3) is 11.4 Å². The Morgan fingerprint density at radius 3 is 2.38 bits per heavy atom. The first-order valence-electron chi connectivity index (χ1n) is 8.49. The van der Waals surface area contributed by atoms with Crippen LogP contribution in [0.5, 0.6) is 5.75 Å². The maximum atomic E-state index is 12.3. The van der Waals surface area contributed by atoms with E-state index in [-0.39, 0.29) is 18.0 Å². The van der Waals surface area contributed by atoms with Gasteiger partial charge in [0, 0.05) is 5.56 Å². The summed E-state index contributed by atoms with van der Waals surface area (Å²) in [6.07, 6.45) is 0.105. The lowest BCUT2D eigenvalue weighted by molar-refractivity contribution is 0.0895. The molecule has 0 aliphatic rings. The zero-order chi connectivity index (χ0) is 18.5. The zero-order valence-corrected chi connectivity index (χ0v) is 15.0. The summed E-state index contributed by atoms with van der Waals surface area (Å²) >= 11 is 0. The summed E-state index contributed by atoms with van der Waals surface area (Å²) in [5, 5.41) is 6.74. The molecule has 2 aromatic carbocycles. The quantitative estimate of drug-likeness (QED) is 0.726. The van der Waals surface area contributed by atoms with E-state index >= 15 is 0 Å². The van der Waals surface area contributed by atoms with Crippen molar-refractivity contribution in [3.63, 3.8) is 0 Å². The molecule has 134 valence electrons. The smallest absolute Gasteiger partial charge is 0.316 e. The van der Waals surface area contributed by atoms with Crippen molar-refractivity contribution in [2.45, 2.75) is 32.9 Å². The third-order valence-electron chi connectivity index (χ3n) is 3.75. The summed E-state index contributed by atoms with van der Waals surface area (Å²) in [5.41, 5.74) is 1.75. The molecule has 6 nitrogen and oxygen atoms in total. The Labute approximate surface area is 152 Å². The van der Waals surface area contributed by atoms with Crippen molar-refractivity contribution >= 4 is 5.91 Å². The largest absolute Gasteiger partial charge is 0.491 e. The van der Waals surface area contributed by atoms with E-state index in [1.165, 1.54) is 0 Å². The van der Waals surface area contributed by atoms with E-state index < -0.39 is 5.91 Å². The molecule has 0 fully saturated rings. The fraction of sp³-hybridized carbons (Fsp3) is 0.250. The van der Waals surface area contributed by atoms with Gasteiger partial charge in [-0.25, -0.2) is 0 Å². The van der Waals surface area contributed by atoms with Gasteiger partial charge in [0.2, 0.25) is 5.82 Å². The van der Waals surface area contributed by atoms with Gasteiger partial charge >= 0.3 is 11.8 Å². The number of ether oxygens (including phenoxy) is 1. The number of aromatic nitrogens is 2. The lowest BCUT2D eigenvalue weighted by atomic mass is 10.1. The second-order valence-corrected chi connectivity index (χ2v) is 6.22. The van der Waals surface area contributed by atoms with Gasteiger partial charge in [0.1, 0.15) is 5.75 Å². The average molecular weight is 351 g/mol. The third kappa shape index (κ3) is 4.27. The molecule has 26 heavy (non-hydrogen) atoms. The first-order valence-corrected chi connectivity index (χ1v) is 8.49. The normalized spacial score (nSPS) is 12.0. The second-order valence-electron chi connectivity index (χ2n) is 6.22. The van der Waals surface area contributed by atoms with E-state index in [4.69, 9.17) is 9.26 Å². The van der Waals surface area contributed by atoms with Crippen molar-refractivity contribution in [1.29, 1.82) is 0 Å². The van der Waals surface area contributed by atoms with Gasteiger partial charge < -0.3 is 14.6 Å². The molecule has 0 unspecified atom stereocenters. The number of nitrogens with zero attached hydrogens (tertiary/aromatic N) is 2. The fourth-order valence-corrected chi connectivity index (χ4v) is 2.47. The maximum Gasteiger partial charge on any atom is 0.316 e. The molecule has 6 heteroatoms. The minimum absolute atomic E-state index is 0.0645. The van der Waals surface area contributed by atoms with Crippen LogP contribution in [0.3, 0.4) is 0 Å². The van der Waals surface area contributed by atoms with Crippen molar-refractivity contribution in [1.82, 2.24) is 15.5 Å². The Bertz CT molecular complexity index is 858. The number of carbonyl (C=O) groups is 1. The van der Waals surface area contributed by atoms with Crippen molar-refractivity contribution in [3.05, 3.63) is 66.1 Å². The van der Waals surface area contributed by atoms with E-state index in [0.29, 0.717) is 5.82 Å². The van der Waals surface area contributed by atoms with Crippen LogP contribution in [0.1, 0.15) is 43.1 Å². The highest BCUT2D eigenvalue weighted by molar-refractivity contribution is 5.90. The summed E-state index contributed by atoms with van der Waals surface area (Å²) in [5.74, 6) is 0.658. The lowest BCUT2D eigenvalue weighted by Gasteiger charge is -2.12. The Balaban J connectivity index is 1.68. The van der Waals surface area contributed by atoms with E-state index in [0.717, 1.165) is 16.9 Å². The maximum absolute atomic E-state index is 12.3. The summed E-state index contributed by atoms with van der Waals surface area (Å²) < 4.78 is 10.7. The molecule has 1 heterocycles. The Kier molecular flexibility index (Phi) is 5.31. The average Bonchev–Trinajstić information content (AvgIpc) is 3.13. The highest BCUT2D eigenvalue weighted by Crippen LogP contribution is 2.21. The number of benzene rings is 2. The molecule has 1 N–H and O–H groups in total. The second kappa shape index (κ2) is 7.82. The summed E-state index contributed by atoms with van der Waals surface area (Å²) in [4.78, 5) is 16.5. The minimum Gasteiger partial charge on any atom is -0.491 e. The Morgan fingerprint density at radius 1 is 1.04 bits per heavy atom. The number of hydrogen-bond donors (Lipinski definition) is 1. The SMILES string of the molecule is CC(C)Oc1ccc(-c2noc(C(=O)N[C@@H](C)c3ccccc3)n2)cc1. The van der Waals surface area contributed by atoms with Gasteiger partial charge in [-0.1, -0.05) is 35.5 Å². The van der Waals surface area contributed by atoms with Crippen molar-refractivity contribution < 1.29 is 14.1 Å². The first-order chi connectivity index (χ1) is 12.5. The Hall–Kier alpha value is -3.15. The van der Waals surface area contributed by atoms with Crippen molar-refractivity contribution in [2.24, 2.45) is 0 Å². The summed E-state index contributed by atoms with van der Waals surface area (Å²) in [6.45, 7) is 5.83. The lowest BCUT2D eigenvalue weighted by Crippen LogP contribution is -2.26. The van der Waals surface area contributed by atoms with Gasteiger partial charge in [-0.05, 0) is 50.6 Å². The van der Waals surface area contributed by atoms with Crippen LogP contribution in [-0.4, -0.2) is 22.2 Å². The number of carbonyl (C=O) groups excluding carboxylic acids is 1. The van der Waals surface area contributed by atoms with Gasteiger partial charge in [-0.15, -0.1) is 0 Å². The van der Waals surface area contributed by atoms with E-state index in [9.17, 15) is 4.79 Å². The van der Waals surface area contributed by atoms with Crippen molar-refractivity contribution in [2.75, 3.05) is 0 Å². The number of rotatable bonds is 6. The summed E-state index contributed by atoms with van der Waals surface area (Å²) in [6, 6.07) is 16.9. The molecular weight excluding hydrogens is 330 g/mol. The number of hydrogen-bond acceptors (Lipinski definition) is 5. The van der Waals surface area contributed by atoms with Crippen LogP contribution in [0, 0.1) is 0 Å². The van der Waals surface area contributed by atoms with E-state index in [1.54, 1.807) is 0 Å². The molecule has 3 rings (SSSR count). The van der Waals surface area contributed by atoms with Gasteiger partial charge in [0.05, 0.1) is 12.1 Å². The summed E-state index contributed by atoms with van der Waals surface area (Å²) in [7, 11) is 0. The zero-order valence-electron chi connectivity index (χ0n) is 15.0. The van der Waals surface area contributed by atoms with E-state index in [2.05, 4.69) is 15.5 Å². The highest BCUT2D eigenvalue weighted by atomic mass is 16.5. The first kappa shape index (κ1) is 17.7. The molecule has 0 spiro atoms. The molecule has 1 aromatic heterocycles. The molecule has 0 saturated carbocycles. The monoisotopic (exact) mass is 351 g/mol.